The van der Waals surface area contributed by atoms with E-state index in [0.29, 0.717) is 43.7 Å². The lowest BCUT2D eigenvalue weighted by molar-refractivity contribution is -0.177. The van der Waals surface area contributed by atoms with Crippen LogP contribution in [0, 0.1) is 0 Å². The summed E-state index contributed by atoms with van der Waals surface area (Å²) in [6.07, 6.45) is -7.59. The minimum absolute atomic E-state index is 0.0251. The molecule has 2 aliphatic heterocycles. The number of benzene rings is 2. The van der Waals surface area contributed by atoms with E-state index < -0.39 is 40.9 Å². The van der Waals surface area contributed by atoms with Crippen LogP contribution in [0.3, 0.4) is 0 Å². The van der Waals surface area contributed by atoms with Crippen LogP contribution < -0.4 is 10.2 Å². The number of amides is 1. The lowest BCUT2D eigenvalue weighted by Gasteiger charge is -2.35. The summed E-state index contributed by atoms with van der Waals surface area (Å²) < 4.78 is 81.1. The lowest BCUT2D eigenvalue weighted by Crippen LogP contribution is -2.47. The molecule has 2 aromatic carbocycles. The molecule has 3 aromatic rings. The van der Waals surface area contributed by atoms with Gasteiger partial charge in [0.15, 0.2) is 0 Å². The minimum atomic E-state index is -4.69. The maximum Gasteiger partial charge on any atom is 0.417 e. The monoisotopic (exact) mass is 669 g/mol. The van der Waals surface area contributed by atoms with Crippen LogP contribution in [0.1, 0.15) is 34.3 Å². The van der Waals surface area contributed by atoms with Crippen LogP contribution in [0.25, 0.3) is 11.1 Å². The van der Waals surface area contributed by atoms with E-state index in [9.17, 15) is 35.9 Å². The zero-order chi connectivity index (χ0) is 33.2. The fourth-order valence-electron chi connectivity index (χ4n) is 5.84. The van der Waals surface area contributed by atoms with Crippen molar-refractivity contribution in [3.63, 3.8) is 0 Å². The molecule has 0 aliphatic carbocycles. The van der Waals surface area contributed by atoms with Crippen LogP contribution >= 0.6 is 11.6 Å². The first-order chi connectivity index (χ1) is 21.7. The highest BCUT2D eigenvalue weighted by Crippen LogP contribution is 2.39. The molecule has 246 valence electrons. The molecule has 0 bridgehead atoms. The molecule has 2 fully saturated rings. The van der Waals surface area contributed by atoms with Gasteiger partial charge in [-0.1, -0.05) is 17.7 Å². The SMILES string of the molecule is O=C(O)CN1CCN(c2ccc(C(=O)Nc3cc(CN4CCC[C@H]4C(F)(F)F)c(-c4ccc(C(F)(F)F)c(Cl)c4)cn3)cc2)CC1. The molecule has 0 radical (unpaired) electrons. The van der Waals surface area contributed by atoms with Gasteiger partial charge in [0.1, 0.15) is 11.9 Å². The second kappa shape index (κ2) is 13.5. The number of nitrogens with one attached hydrogen (secondary N) is 1. The van der Waals surface area contributed by atoms with Crippen molar-refractivity contribution in [1.29, 1.82) is 0 Å². The molecular formula is C31H30ClF6N5O3. The molecule has 15 heteroatoms. The molecule has 2 aliphatic rings. The number of carboxylic acid groups (broad SMARTS) is 1. The summed E-state index contributed by atoms with van der Waals surface area (Å²) in [5.41, 5.74) is 0.965. The van der Waals surface area contributed by atoms with Crippen molar-refractivity contribution in [2.24, 2.45) is 0 Å². The van der Waals surface area contributed by atoms with Gasteiger partial charge in [-0.25, -0.2) is 4.98 Å². The van der Waals surface area contributed by atoms with Crippen LogP contribution in [0.15, 0.2) is 54.7 Å². The maximum absolute atomic E-state index is 13.7. The molecule has 8 nitrogen and oxygen atoms in total. The number of rotatable bonds is 8. The van der Waals surface area contributed by atoms with Crippen LogP contribution in [-0.2, 0) is 17.5 Å². The van der Waals surface area contributed by atoms with E-state index in [1.54, 1.807) is 24.3 Å². The van der Waals surface area contributed by atoms with Gasteiger partial charge in [-0.15, -0.1) is 0 Å². The standard InChI is InChI=1S/C31H30ClF6N5O3/c32-25-14-20(5-8-24(25)30(33,34)35)23-16-39-27(15-21(23)17-43-9-1-2-26(43)31(36,37)38)40-29(46)19-3-6-22(7-4-19)42-12-10-41(11-13-42)18-28(44)45/h3-8,14-16,26H,1-2,9-13,17-18H2,(H,44,45)(H,39,40,46)/t26-/m0/s1. The summed E-state index contributed by atoms with van der Waals surface area (Å²) in [4.78, 5) is 33.5. The number of anilines is 2. The fourth-order valence-corrected chi connectivity index (χ4v) is 6.13. The maximum atomic E-state index is 13.7. The Balaban J connectivity index is 1.36. The summed E-state index contributed by atoms with van der Waals surface area (Å²) >= 11 is 5.94. The van der Waals surface area contributed by atoms with E-state index in [4.69, 9.17) is 16.7 Å². The lowest BCUT2D eigenvalue weighted by atomic mass is 9.99. The predicted molar refractivity (Wildman–Crippen MR) is 160 cm³/mol. The zero-order valence-electron chi connectivity index (χ0n) is 24.3. The van der Waals surface area contributed by atoms with Crippen molar-refractivity contribution in [2.75, 3.05) is 49.5 Å². The molecule has 1 atom stereocenters. The number of carboxylic acids is 1. The molecule has 3 heterocycles. The number of halogens is 7. The molecule has 0 spiro atoms. The number of nitrogens with zero attached hydrogens (tertiary/aromatic N) is 4. The Hall–Kier alpha value is -3.88. The second-order valence-corrected chi connectivity index (χ2v) is 11.7. The van der Waals surface area contributed by atoms with Crippen LogP contribution in [0.2, 0.25) is 5.02 Å². The van der Waals surface area contributed by atoms with Crippen molar-refractivity contribution in [1.82, 2.24) is 14.8 Å². The van der Waals surface area contributed by atoms with Gasteiger partial charge in [0.05, 0.1) is 17.1 Å². The number of piperazine rings is 1. The van der Waals surface area contributed by atoms with Gasteiger partial charge in [0, 0.05) is 55.7 Å². The van der Waals surface area contributed by atoms with Crippen LogP contribution in [0.5, 0.6) is 0 Å². The number of aromatic nitrogens is 1. The molecule has 46 heavy (non-hydrogen) atoms. The first kappa shape index (κ1) is 33.5. The van der Waals surface area contributed by atoms with Gasteiger partial charge in [-0.05, 0) is 73.0 Å². The average molecular weight is 670 g/mol. The van der Waals surface area contributed by atoms with Gasteiger partial charge in [0.2, 0.25) is 0 Å². The first-order valence-electron chi connectivity index (χ1n) is 14.5. The number of alkyl halides is 6. The zero-order valence-corrected chi connectivity index (χ0v) is 25.1. The molecular weight excluding hydrogens is 640 g/mol. The highest BCUT2D eigenvalue weighted by molar-refractivity contribution is 6.31. The number of hydrogen-bond donors (Lipinski definition) is 2. The minimum Gasteiger partial charge on any atom is -0.480 e. The average Bonchev–Trinajstić information content (AvgIpc) is 3.46. The summed E-state index contributed by atoms with van der Waals surface area (Å²) in [7, 11) is 0. The van der Waals surface area contributed by atoms with E-state index in [2.05, 4.69) is 15.2 Å². The van der Waals surface area contributed by atoms with Crippen molar-refractivity contribution in [3.8, 4) is 11.1 Å². The smallest absolute Gasteiger partial charge is 0.417 e. The molecule has 1 aromatic heterocycles. The molecule has 5 rings (SSSR count). The van der Waals surface area contributed by atoms with E-state index in [1.165, 1.54) is 23.2 Å². The summed E-state index contributed by atoms with van der Waals surface area (Å²) in [6, 6.07) is 9.61. The van der Waals surface area contributed by atoms with Gasteiger partial charge >= 0.3 is 18.3 Å². The molecule has 0 saturated carbocycles. The van der Waals surface area contributed by atoms with Crippen molar-refractivity contribution in [2.45, 2.75) is 37.8 Å². The Kier molecular flexibility index (Phi) is 9.80. The van der Waals surface area contributed by atoms with Crippen molar-refractivity contribution < 1.29 is 41.0 Å². The first-order valence-corrected chi connectivity index (χ1v) is 14.8. The topological polar surface area (TPSA) is 89.0 Å². The largest absolute Gasteiger partial charge is 0.480 e. The quantitative estimate of drug-likeness (QED) is 0.268. The number of carbonyl (C=O) groups excluding carboxylic acids is 1. The van der Waals surface area contributed by atoms with E-state index >= 15 is 0 Å². The third kappa shape index (κ3) is 7.91. The molecule has 2 N–H and O–H groups in total. The van der Waals surface area contributed by atoms with Gasteiger partial charge in [-0.3, -0.25) is 19.4 Å². The van der Waals surface area contributed by atoms with Crippen molar-refractivity contribution >= 4 is 35.0 Å². The third-order valence-electron chi connectivity index (χ3n) is 8.16. The van der Waals surface area contributed by atoms with E-state index in [-0.39, 0.29) is 43.0 Å². The van der Waals surface area contributed by atoms with Gasteiger partial charge in [0.25, 0.3) is 5.91 Å². The van der Waals surface area contributed by atoms with Crippen LogP contribution in [-0.4, -0.2) is 83.3 Å². The Morgan fingerprint density at radius 2 is 1.65 bits per heavy atom. The Bertz CT molecular complexity index is 1580. The van der Waals surface area contributed by atoms with Crippen molar-refractivity contribution in [3.05, 3.63) is 76.4 Å². The normalized spacial score (nSPS) is 18.2. The van der Waals surface area contributed by atoms with E-state index in [0.717, 1.165) is 17.8 Å². The summed E-state index contributed by atoms with van der Waals surface area (Å²) in [5, 5.41) is 11.1. The number of carbonyl (C=O) groups is 2. The highest BCUT2D eigenvalue weighted by Gasteiger charge is 2.45. The number of pyridine rings is 1. The Morgan fingerprint density at radius 1 is 0.957 bits per heavy atom. The summed E-state index contributed by atoms with van der Waals surface area (Å²) in [6.45, 7) is 2.36. The number of likely N-dealkylation sites (tertiary alicyclic amines) is 1. The van der Waals surface area contributed by atoms with E-state index in [1.807, 2.05) is 4.90 Å². The van der Waals surface area contributed by atoms with Crippen LogP contribution in [0.4, 0.5) is 37.8 Å². The Morgan fingerprint density at radius 3 is 2.26 bits per heavy atom. The third-order valence-corrected chi connectivity index (χ3v) is 8.47. The highest BCUT2D eigenvalue weighted by atomic mass is 35.5. The number of hydrogen-bond acceptors (Lipinski definition) is 6. The van der Waals surface area contributed by atoms with Gasteiger partial charge < -0.3 is 15.3 Å². The predicted octanol–water partition coefficient (Wildman–Crippen LogP) is 6.41. The molecule has 2 saturated heterocycles. The van der Waals surface area contributed by atoms with Gasteiger partial charge in [-0.2, -0.15) is 26.3 Å². The fraction of sp³-hybridized carbons (Fsp3) is 0.387. The Labute approximate surface area is 265 Å². The number of aliphatic carboxylic acids is 1. The molecule has 1 amide bonds. The molecule has 0 unspecified atom stereocenters. The summed E-state index contributed by atoms with van der Waals surface area (Å²) in [5.74, 6) is -1.34. The second-order valence-electron chi connectivity index (χ2n) is 11.2.